The third-order valence-corrected chi connectivity index (χ3v) is 4.50. The summed E-state index contributed by atoms with van der Waals surface area (Å²) in [6, 6.07) is 18.8. The molecule has 126 valence electrons. The summed E-state index contributed by atoms with van der Waals surface area (Å²) in [5.74, 6) is 0.108. The predicted molar refractivity (Wildman–Crippen MR) is 96.8 cm³/mol. The molecular weight excluding hydrogens is 298 g/mol. The van der Waals surface area contributed by atoms with Crippen molar-refractivity contribution >= 4 is 5.91 Å². The van der Waals surface area contributed by atoms with Gasteiger partial charge in [-0.15, -0.1) is 0 Å². The highest BCUT2D eigenvalue weighted by atomic mass is 16.5. The zero-order valence-corrected chi connectivity index (χ0v) is 14.0. The molecule has 1 N–H and O–H groups in total. The number of aryl methyl sites for hydroxylation is 1. The fraction of sp³-hybridized carbons (Fsp3) is 0.381. The van der Waals surface area contributed by atoms with E-state index < -0.39 is 0 Å². The first-order chi connectivity index (χ1) is 11.8. The molecular formula is C21H25NO2. The quantitative estimate of drug-likeness (QED) is 0.873. The van der Waals surface area contributed by atoms with Gasteiger partial charge in [-0.2, -0.15) is 0 Å². The monoisotopic (exact) mass is 323 g/mol. The van der Waals surface area contributed by atoms with Crippen LogP contribution >= 0.6 is 0 Å². The Hall–Kier alpha value is -2.13. The molecule has 1 heterocycles. The first-order valence-electron chi connectivity index (χ1n) is 8.84. The van der Waals surface area contributed by atoms with Crippen molar-refractivity contribution in [3.05, 3.63) is 60.2 Å². The summed E-state index contributed by atoms with van der Waals surface area (Å²) in [5, 5.41) is 3.00. The Bertz CT molecular complexity index is 631. The van der Waals surface area contributed by atoms with Gasteiger partial charge < -0.3 is 10.1 Å². The summed E-state index contributed by atoms with van der Waals surface area (Å²) in [7, 11) is 0. The normalized spacial score (nSPS) is 17.4. The number of rotatable bonds is 6. The maximum atomic E-state index is 12.0. The van der Waals surface area contributed by atoms with Crippen LogP contribution in [0.5, 0.6) is 0 Å². The Balaban J connectivity index is 1.43. The van der Waals surface area contributed by atoms with E-state index in [1.54, 1.807) is 0 Å². The molecule has 3 heteroatoms. The summed E-state index contributed by atoms with van der Waals surface area (Å²) in [6.45, 7) is 1.47. The van der Waals surface area contributed by atoms with Crippen LogP contribution in [0.4, 0.5) is 0 Å². The maximum absolute atomic E-state index is 12.0. The number of hydrogen-bond donors (Lipinski definition) is 1. The van der Waals surface area contributed by atoms with Crippen LogP contribution < -0.4 is 5.32 Å². The third kappa shape index (κ3) is 4.93. The first kappa shape index (κ1) is 16.7. The second-order valence-corrected chi connectivity index (χ2v) is 6.36. The number of nitrogens with one attached hydrogen (secondary N) is 1. The zero-order valence-electron chi connectivity index (χ0n) is 14.0. The molecule has 1 fully saturated rings. The number of carbonyl (C=O) groups is 1. The highest BCUT2D eigenvalue weighted by molar-refractivity contribution is 5.76. The van der Waals surface area contributed by atoms with Crippen LogP contribution in [0.2, 0.25) is 0 Å². The smallest absolute Gasteiger partial charge is 0.220 e. The van der Waals surface area contributed by atoms with E-state index in [1.807, 2.05) is 18.2 Å². The molecule has 1 amide bonds. The summed E-state index contributed by atoms with van der Waals surface area (Å²) in [4.78, 5) is 12.0. The van der Waals surface area contributed by atoms with Crippen LogP contribution in [-0.4, -0.2) is 25.2 Å². The molecule has 2 aromatic carbocycles. The summed E-state index contributed by atoms with van der Waals surface area (Å²) in [5.41, 5.74) is 3.62. The Labute approximate surface area is 144 Å². The minimum atomic E-state index is 0.108. The van der Waals surface area contributed by atoms with Gasteiger partial charge >= 0.3 is 0 Å². The van der Waals surface area contributed by atoms with Crippen LogP contribution in [0.25, 0.3) is 11.1 Å². The Morgan fingerprint density at radius 2 is 1.75 bits per heavy atom. The van der Waals surface area contributed by atoms with E-state index in [-0.39, 0.29) is 12.0 Å². The van der Waals surface area contributed by atoms with Crippen LogP contribution in [0.15, 0.2) is 54.6 Å². The van der Waals surface area contributed by atoms with Crippen LogP contribution in [0.3, 0.4) is 0 Å². The molecule has 3 rings (SSSR count). The van der Waals surface area contributed by atoms with Gasteiger partial charge in [0.2, 0.25) is 5.91 Å². The van der Waals surface area contributed by atoms with Gasteiger partial charge in [-0.25, -0.2) is 0 Å². The Kier molecular flexibility index (Phi) is 6.02. The molecule has 0 radical (unpaired) electrons. The number of hydrogen-bond acceptors (Lipinski definition) is 2. The Morgan fingerprint density at radius 3 is 2.46 bits per heavy atom. The van der Waals surface area contributed by atoms with E-state index >= 15 is 0 Å². The van der Waals surface area contributed by atoms with Crippen molar-refractivity contribution in [1.29, 1.82) is 0 Å². The summed E-state index contributed by atoms with van der Waals surface area (Å²) >= 11 is 0. The zero-order chi connectivity index (χ0) is 16.6. The van der Waals surface area contributed by atoms with Crippen LogP contribution in [-0.2, 0) is 16.0 Å². The second kappa shape index (κ2) is 8.65. The van der Waals surface area contributed by atoms with E-state index in [1.165, 1.54) is 23.1 Å². The molecule has 0 saturated carbocycles. The fourth-order valence-electron chi connectivity index (χ4n) is 3.04. The molecule has 0 bridgehead atoms. The van der Waals surface area contributed by atoms with Gasteiger partial charge in [0, 0.05) is 19.6 Å². The largest absolute Gasteiger partial charge is 0.376 e. The molecule has 0 aliphatic carbocycles. The number of carbonyl (C=O) groups excluding carboxylic acids is 1. The van der Waals surface area contributed by atoms with Crippen molar-refractivity contribution in [2.24, 2.45) is 0 Å². The average molecular weight is 323 g/mol. The predicted octanol–water partition coefficient (Wildman–Crippen LogP) is 3.97. The summed E-state index contributed by atoms with van der Waals surface area (Å²) in [6.07, 6.45) is 4.90. The lowest BCUT2D eigenvalue weighted by Crippen LogP contribution is -2.35. The number of benzene rings is 2. The molecule has 24 heavy (non-hydrogen) atoms. The fourth-order valence-corrected chi connectivity index (χ4v) is 3.04. The van der Waals surface area contributed by atoms with E-state index in [4.69, 9.17) is 4.74 Å². The van der Waals surface area contributed by atoms with Gasteiger partial charge in [-0.3, -0.25) is 4.79 Å². The minimum Gasteiger partial charge on any atom is -0.376 e. The van der Waals surface area contributed by atoms with E-state index in [0.29, 0.717) is 13.0 Å². The molecule has 1 aliphatic heterocycles. The lowest BCUT2D eigenvalue weighted by atomic mass is 10.0. The third-order valence-electron chi connectivity index (χ3n) is 4.50. The SMILES string of the molecule is O=C(CCc1ccc(-c2ccccc2)cc1)NC[C@H]1CCCCO1. The van der Waals surface area contributed by atoms with E-state index in [0.717, 1.165) is 25.9 Å². The lowest BCUT2D eigenvalue weighted by Gasteiger charge is -2.22. The number of ether oxygens (including phenoxy) is 1. The molecule has 2 aromatic rings. The second-order valence-electron chi connectivity index (χ2n) is 6.36. The van der Waals surface area contributed by atoms with Crippen molar-refractivity contribution in [1.82, 2.24) is 5.32 Å². The topological polar surface area (TPSA) is 38.3 Å². The van der Waals surface area contributed by atoms with Crippen molar-refractivity contribution < 1.29 is 9.53 Å². The van der Waals surface area contributed by atoms with Gasteiger partial charge in [0.15, 0.2) is 0 Å². The van der Waals surface area contributed by atoms with Crippen molar-refractivity contribution in [3.63, 3.8) is 0 Å². The molecule has 0 spiro atoms. The standard InChI is InChI=1S/C21H25NO2/c23-21(22-16-20-8-4-5-15-24-20)14-11-17-9-12-19(13-10-17)18-6-2-1-3-7-18/h1-3,6-7,9-10,12-13,20H,4-5,8,11,14-16H2,(H,22,23)/t20-/m1/s1. The molecule has 3 nitrogen and oxygen atoms in total. The highest BCUT2D eigenvalue weighted by Gasteiger charge is 2.14. The van der Waals surface area contributed by atoms with E-state index in [2.05, 4.69) is 41.7 Å². The molecule has 1 atom stereocenters. The van der Waals surface area contributed by atoms with Gasteiger partial charge in [-0.05, 0) is 42.4 Å². The van der Waals surface area contributed by atoms with Crippen LogP contribution in [0.1, 0.15) is 31.2 Å². The maximum Gasteiger partial charge on any atom is 0.220 e. The van der Waals surface area contributed by atoms with Gasteiger partial charge in [0.1, 0.15) is 0 Å². The first-order valence-corrected chi connectivity index (χ1v) is 8.84. The van der Waals surface area contributed by atoms with Crippen molar-refractivity contribution in [3.8, 4) is 11.1 Å². The Morgan fingerprint density at radius 1 is 1.00 bits per heavy atom. The molecule has 1 aliphatic rings. The lowest BCUT2D eigenvalue weighted by molar-refractivity contribution is -0.122. The van der Waals surface area contributed by atoms with Crippen molar-refractivity contribution in [2.45, 2.75) is 38.2 Å². The minimum absolute atomic E-state index is 0.108. The number of amides is 1. The van der Waals surface area contributed by atoms with Gasteiger partial charge in [0.05, 0.1) is 6.10 Å². The van der Waals surface area contributed by atoms with Gasteiger partial charge in [-0.1, -0.05) is 54.6 Å². The van der Waals surface area contributed by atoms with Crippen LogP contribution in [0, 0.1) is 0 Å². The highest BCUT2D eigenvalue weighted by Crippen LogP contribution is 2.19. The van der Waals surface area contributed by atoms with Gasteiger partial charge in [0.25, 0.3) is 0 Å². The summed E-state index contributed by atoms with van der Waals surface area (Å²) < 4.78 is 5.63. The molecule has 0 unspecified atom stereocenters. The average Bonchev–Trinajstić information content (AvgIpc) is 2.67. The van der Waals surface area contributed by atoms with E-state index in [9.17, 15) is 4.79 Å². The van der Waals surface area contributed by atoms with Crippen molar-refractivity contribution in [2.75, 3.05) is 13.2 Å². The molecule has 1 saturated heterocycles. The molecule has 0 aromatic heterocycles.